The van der Waals surface area contributed by atoms with Crippen molar-refractivity contribution in [2.45, 2.75) is 31.8 Å². The molecule has 0 amide bonds. The molecule has 0 aliphatic heterocycles. The normalized spacial score (nSPS) is 16.7. The van der Waals surface area contributed by atoms with E-state index in [0.29, 0.717) is 0 Å². The van der Waals surface area contributed by atoms with Gasteiger partial charge in [0.05, 0.1) is 0 Å². The third-order valence-electron chi connectivity index (χ3n) is 3.19. The first-order chi connectivity index (χ1) is 7.16. The predicted molar refractivity (Wildman–Crippen MR) is 67.7 cm³/mol. The van der Waals surface area contributed by atoms with Gasteiger partial charge in [-0.15, -0.1) is 0 Å². The van der Waals surface area contributed by atoms with E-state index in [-0.39, 0.29) is 0 Å². The summed E-state index contributed by atoms with van der Waals surface area (Å²) in [6.45, 7) is 1.02. The lowest BCUT2D eigenvalue weighted by Crippen LogP contribution is -2.36. The van der Waals surface area contributed by atoms with Crippen molar-refractivity contribution in [2.24, 2.45) is 0 Å². The van der Waals surface area contributed by atoms with Crippen LogP contribution < -0.4 is 5.73 Å². The highest BCUT2D eigenvalue weighted by Gasteiger charge is 2.21. The zero-order valence-corrected chi connectivity index (χ0v) is 10.6. The standard InChI is InChI=1S/C12H17BrN2/c1-15(10-3-2-4-10)8-9-5-6-12(14)11(13)7-9/h5-7,10H,2-4,8,14H2,1H3. The molecule has 0 unspecified atom stereocenters. The Morgan fingerprint density at radius 2 is 2.20 bits per heavy atom. The van der Waals surface area contributed by atoms with E-state index in [9.17, 15) is 0 Å². The topological polar surface area (TPSA) is 29.3 Å². The number of nitrogen functional groups attached to an aromatic ring is 1. The minimum Gasteiger partial charge on any atom is -0.398 e. The summed E-state index contributed by atoms with van der Waals surface area (Å²) in [6, 6.07) is 6.98. The van der Waals surface area contributed by atoms with Gasteiger partial charge in [-0.3, -0.25) is 4.90 Å². The Morgan fingerprint density at radius 1 is 1.47 bits per heavy atom. The highest BCUT2D eigenvalue weighted by atomic mass is 79.9. The van der Waals surface area contributed by atoms with E-state index >= 15 is 0 Å². The summed E-state index contributed by atoms with van der Waals surface area (Å²) in [6.07, 6.45) is 4.10. The third kappa shape index (κ3) is 2.52. The lowest BCUT2D eigenvalue weighted by atomic mass is 9.91. The summed E-state index contributed by atoms with van der Waals surface area (Å²) in [4.78, 5) is 2.43. The molecule has 0 saturated heterocycles. The van der Waals surface area contributed by atoms with Crippen LogP contribution in [0.1, 0.15) is 24.8 Å². The Kier molecular flexibility index (Phi) is 3.32. The van der Waals surface area contributed by atoms with Gasteiger partial charge in [0.2, 0.25) is 0 Å². The molecule has 1 aromatic rings. The fourth-order valence-corrected chi connectivity index (χ4v) is 2.34. The summed E-state index contributed by atoms with van der Waals surface area (Å²) in [5.41, 5.74) is 7.89. The zero-order valence-electron chi connectivity index (χ0n) is 9.04. The number of halogens is 1. The molecule has 1 aromatic carbocycles. The quantitative estimate of drug-likeness (QED) is 0.855. The first-order valence-corrected chi connectivity index (χ1v) is 6.20. The Bertz CT molecular complexity index is 347. The van der Waals surface area contributed by atoms with E-state index in [2.05, 4.69) is 40.0 Å². The maximum Gasteiger partial charge on any atom is 0.0458 e. The summed E-state index contributed by atoms with van der Waals surface area (Å²) in [7, 11) is 2.20. The van der Waals surface area contributed by atoms with Crippen molar-refractivity contribution in [3.63, 3.8) is 0 Å². The van der Waals surface area contributed by atoms with Gasteiger partial charge in [0.25, 0.3) is 0 Å². The minimum absolute atomic E-state index is 0.793. The second kappa shape index (κ2) is 4.54. The van der Waals surface area contributed by atoms with Gasteiger partial charge in [0.15, 0.2) is 0 Å². The van der Waals surface area contributed by atoms with Gasteiger partial charge in [0.1, 0.15) is 0 Å². The Hall–Kier alpha value is -0.540. The Morgan fingerprint density at radius 3 is 2.73 bits per heavy atom. The first-order valence-electron chi connectivity index (χ1n) is 5.41. The maximum atomic E-state index is 5.76. The molecule has 2 nitrogen and oxygen atoms in total. The molecule has 15 heavy (non-hydrogen) atoms. The number of nitrogens with two attached hydrogens (primary N) is 1. The molecule has 3 heteroatoms. The number of benzene rings is 1. The summed E-state index contributed by atoms with van der Waals surface area (Å²) in [5, 5.41) is 0. The molecule has 0 heterocycles. The van der Waals surface area contributed by atoms with E-state index in [1.165, 1.54) is 24.8 Å². The van der Waals surface area contributed by atoms with Crippen LogP contribution in [0.25, 0.3) is 0 Å². The van der Waals surface area contributed by atoms with Crippen LogP contribution in [-0.4, -0.2) is 18.0 Å². The molecule has 0 aromatic heterocycles. The molecule has 1 aliphatic rings. The van der Waals surface area contributed by atoms with Crippen LogP contribution in [0.4, 0.5) is 5.69 Å². The molecule has 0 bridgehead atoms. The zero-order chi connectivity index (χ0) is 10.8. The molecule has 1 saturated carbocycles. The largest absolute Gasteiger partial charge is 0.398 e. The third-order valence-corrected chi connectivity index (χ3v) is 3.88. The van der Waals surface area contributed by atoms with E-state index in [4.69, 9.17) is 5.73 Å². The van der Waals surface area contributed by atoms with Crippen molar-refractivity contribution in [3.05, 3.63) is 28.2 Å². The molecular formula is C12H17BrN2. The van der Waals surface area contributed by atoms with Crippen LogP contribution in [0.3, 0.4) is 0 Å². The Labute approximate surface area is 99.6 Å². The van der Waals surface area contributed by atoms with Gasteiger partial charge in [-0.05, 0) is 53.5 Å². The summed E-state index contributed by atoms with van der Waals surface area (Å²) < 4.78 is 1.00. The smallest absolute Gasteiger partial charge is 0.0458 e. The van der Waals surface area contributed by atoms with Crippen LogP contribution in [0.5, 0.6) is 0 Å². The lowest BCUT2D eigenvalue weighted by molar-refractivity contribution is 0.152. The van der Waals surface area contributed by atoms with Crippen molar-refractivity contribution in [1.29, 1.82) is 0 Å². The van der Waals surface area contributed by atoms with E-state index in [0.717, 1.165) is 22.7 Å². The molecule has 0 radical (unpaired) electrons. The van der Waals surface area contributed by atoms with Gasteiger partial charge in [-0.25, -0.2) is 0 Å². The number of hydrogen-bond acceptors (Lipinski definition) is 2. The highest BCUT2D eigenvalue weighted by molar-refractivity contribution is 9.10. The lowest BCUT2D eigenvalue weighted by Gasteiger charge is -2.34. The van der Waals surface area contributed by atoms with Gasteiger partial charge < -0.3 is 5.73 Å². The summed E-state index contributed by atoms with van der Waals surface area (Å²) in [5.74, 6) is 0. The summed E-state index contributed by atoms with van der Waals surface area (Å²) >= 11 is 3.46. The monoisotopic (exact) mass is 268 g/mol. The number of rotatable bonds is 3. The predicted octanol–water partition coefficient (Wildman–Crippen LogP) is 3.02. The number of anilines is 1. The second-order valence-electron chi connectivity index (χ2n) is 4.36. The molecule has 1 fully saturated rings. The molecule has 0 atom stereocenters. The van der Waals surface area contributed by atoms with Crippen molar-refractivity contribution in [2.75, 3.05) is 12.8 Å². The fourth-order valence-electron chi connectivity index (χ4n) is 1.91. The first kappa shape index (κ1) is 11.0. The van der Waals surface area contributed by atoms with E-state index in [1.54, 1.807) is 0 Å². The van der Waals surface area contributed by atoms with Gasteiger partial charge >= 0.3 is 0 Å². The van der Waals surface area contributed by atoms with Crippen LogP contribution in [0.15, 0.2) is 22.7 Å². The molecule has 2 N–H and O–H groups in total. The average molecular weight is 269 g/mol. The van der Waals surface area contributed by atoms with Crippen LogP contribution in [-0.2, 0) is 6.54 Å². The van der Waals surface area contributed by atoms with Crippen LogP contribution >= 0.6 is 15.9 Å². The van der Waals surface area contributed by atoms with Crippen molar-refractivity contribution < 1.29 is 0 Å². The molecule has 2 rings (SSSR count). The Balaban J connectivity index is 2.00. The molecule has 1 aliphatic carbocycles. The maximum absolute atomic E-state index is 5.76. The van der Waals surface area contributed by atoms with Crippen molar-refractivity contribution in [1.82, 2.24) is 4.90 Å². The highest BCUT2D eigenvalue weighted by Crippen LogP contribution is 2.26. The van der Waals surface area contributed by atoms with Crippen LogP contribution in [0.2, 0.25) is 0 Å². The van der Waals surface area contributed by atoms with E-state index < -0.39 is 0 Å². The average Bonchev–Trinajstić information content (AvgIpc) is 2.08. The minimum atomic E-state index is 0.793. The van der Waals surface area contributed by atoms with Crippen LogP contribution in [0, 0.1) is 0 Å². The van der Waals surface area contributed by atoms with Gasteiger partial charge in [-0.1, -0.05) is 12.5 Å². The number of hydrogen-bond donors (Lipinski definition) is 1. The van der Waals surface area contributed by atoms with Gasteiger partial charge in [0, 0.05) is 22.7 Å². The molecule has 82 valence electrons. The van der Waals surface area contributed by atoms with E-state index in [1.807, 2.05) is 6.07 Å². The molecular weight excluding hydrogens is 252 g/mol. The SMILES string of the molecule is CN(Cc1ccc(N)c(Br)c1)C1CCC1. The van der Waals surface area contributed by atoms with Crippen molar-refractivity contribution >= 4 is 21.6 Å². The number of nitrogens with zero attached hydrogens (tertiary/aromatic N) is 1. The molecule has 0 spiro atoms. The second-order valence-corrected chi connectivity index (χ2v) is 5.21. The van der Waals surface area contributed by atoms with Crippen molar-refractivity contribution in [3.8, 4) is 0 Å². The fraction of sp³-hybridized carbons (Fsp3) is 0.500. The van der Waals surface area contributed by atoms with Gasteiger partial charge in [-0.2, -0.15) is 0 Å².